The molecule has 0 spiro atoms. The molecular weight excluding hydrogens is 242 g/mol. The van der Waals surface area contributed by atoms with Gasteiger partial charge in [0, 0.05) is 12.5 Å². The third-order valence-corrected chi connectivity index (χ3v) is 4.65. The summed E-state index contributed by atoms with van der Waals surface area (Å²) in [6.07, 6.45) is 10.3. The minimum Gasteiger partial charge on any atom is -0.481 e. The maximum Gasteiger partial charge on any atom is 0.306 e. The third-order valence-electron chi connectivity index (χ3n) is 4.65. The first-order chi connectivity index (χ1) is 9.15. The van der Waals surface area contributed by atoms with Crippen molar-refractivity contribution in [1.29, 1.82) is 0 Å². The molecule has 0 bridgehead atoms. The number of carbonyl (C=O) groups excluding carboxylic acids is 1. The van der Waals surface area contributed by atoms with Crippen molar-refractivity contribution < 1.29 is 14.7 Å². The molecule has 0 aromatic heterocycles. The molecule has 0 saturated heterocycles. The second-order valence-electron chi connectivity index (χ2n) is 6.16. The quantitative estimate of drug-likeness (QED) is 0.805. The van der Waals surface area contributed by atoms with Gasteiger partial charge in [0.05, 0.1) is 5.92 Å². The molecule has 2 aliphatic rings. The molecule has 4 nitrogen and oxygen atoms in total. The van der Waals surface area contributed by atoms with E-state index >= 15 is 0 Å². The summed E-state index contributed by atoms with van der Waals surface area (Å²) in [5.74, 6) is -0.140. The average molecular weight is 267 g/mol. The zero-order valence-corrected chi connectivity index (χ0v) is 11.6. The molecule has 0 radical (unpaired) electrons. The van der Waals surface area contributed by atoms with E-state index in [1.165, 1.54) is 32.1 Å². The Morgan fingerprint density at radius 3 is 2.42 bits per heavy atom. The molecule has 2 N–H and O–H groups in total. The minimum atomic E-state index is -0.723. The van der Waals surface area contributed by atoms with E-state index in [-0.39, 0.29) is 17.9 Å². The first-order valence-electron chi connectivity index (χ1n) is 7.67. The fraction of sp³-hybridized carbons (Fsp3) is 0.867. The van der Waals surface area contributed by atoms with Crippen molar-refractivity contribution in [2.24, 2.45) is 11.8 Å². The minimum absolute atomic E-state index is 0.0833. The van der Waals surface area contributed by atoms with Crippen LogP contribution in [-0.2, 0) is 9.59 Å². The third kappa shape index (κ3) is 4.51. The summed E-state index contributed by atoms with van der Waals surface area (Å²) >= 11 is 0. The molecule has 2 saturated carbocycles. The lowest BCUT2D eigenvalue weighted by Gasteiger charge is -2.21. The maximum atomic E-state index is 11.9. The Bertz CT molecular complexity index is 323. The van der Waals surface area contributed by atoms with Crippen LogP contribution < -0.4 is 5.32 Å². The van der Waals surface area contributed by atoms with Crippen molar-refractivity contribution in [1.82, 2.24) is 5.32 Å². The SMILES string of the molecule is O=C(CCC1CCCCC1)N[C@H]1CC[C@@H](C(=O)O)C1. The van der Waals surface area contributed by atoms with Gasteiger partial charge in [0.15, 0.2) is 0 Å². The van der Waals surface area contributed by atoms with E-state index in [1.807, 2.05) is 0 Å². The highest BCUT2D eigenvalue weighted by Crippen LogP contribution is 2.28. The summed E-state index contributed by atoms with van der Waals surface area (Å²) in [5.41, 5.74) is 0. The van der Waals surface area contributed by atoms with Gasteiger partial charge >= 0.3 is 5.97 Å². The van der Waals surface area contributed by atoms with E-state index in [9.17, 15) is 9.59 Å². The molecule has 2 rings (SSSR count). The van der Waals surface area contributed by atoms with Crippen LogP contribution in [0, 0.1) is 11.8 Å². The van der Waals surface area contributed by atoms with Crippen molar-refractivity contribution in [2.45, 2.75) is 70.3 Å². The molecule has 19 heavy (non-hydrogen) atoms. The van der Waals surface area contributed by atoms with Crippen LogP contribution in [0.1, 0.15) is 64.2 Å². The lowest BCUT2D eigenvalue weighted by atomic mass is 9.86. The van der Waals surface area contributed by atoms with Crippen molar-refractivity contribution in [2.75, 3.05) is 0 Å². The van der Waals surface area contributed by atoms with Gasteiger partial charge in [-0.3, -0.25) is 9.59 Å². The average Bonchev–Trinajstić information content (AvgIpc) is 2.86. The standard InChI is InChI=1S/C15H25NO3/c17-14(9-6-11-4-2-1-3-5-11)16-13-8-7-12(10-13)15(18)19/h11-13H,1-10H2,(H,16,17)(H,18,19)/t12-,13+/m1/s1. The number of carboxylic acids is 1. The molecule has 2 aliphatic carbocycles. The molecule has 0 aromatic carbocycles. The maximum absolute atomic E-state index is 11.9. The van der Waals surface area contributed by atoms with Crippen molar-refractivity contribution in [3.05, 3.63) is 0 Å². The van der Waals surface area contributed by atoms with Crippen molar-refractivity contribution >= 4 is 11.9 Å². The predicted octanol–water partition coefficient (Wildman–Crippen LogP) is 2.72. The largest absolute Gasteiger partial charge is 0.481 e. The first kappa shape index (κ1) is 14.4. The van der Waals surface area contributed by atoms with Gasteiger partial charge < -0.3 is 10.4 Å². The van der Waals surface area contributed by atoms with Crippen LogP contribution in [0.5, 0.6) is 0 Å². The summed E-state index contributed by atoms with van der Waals surface area (Å²) in [7, 11) is 0. The van der Waals surface area contributed by atoms with E-state index in [2.05, 4.69) is 5.32 Å². The molecule has 108 valence electrons. The van der Waals surface area contributed by atoms with E-state index < -0.39 is 5.97 Å². The lowest BCUT2D eigenvalue weighted by Crippen LogP contribution is -2.33. The fourth-order valence-corrected chi connectivity index (χ4v) is 3.45. The normalized spacial score (nSPS) is 28.2. The van der Waals surface area contributed by atoms with Crippen LogP contribution in [0.15, 0.2) is 0 Å². The van der Waals surface area contributed by atoms with Crippen LogP contribution in [0.3, 0.4) is 0 Å². The molecule has 2 atom stereocenters. The Morgan fingerprint density at radius 2 is 1.79 bits per heavy atom. The Kier molecular flexibility index (Phi) is 5.23. The van der Waals surface area contributed by atoms with Gasteiger partial charge in [0.2, 0.25) is 5.91 Å². The van der Waals surface area contributed by atoms with E-state index in [1.54, 1.807) is 0 Å². The Morgan fingerprint density at radius 1 is 1.05 bits per heavy atom. The van der Waals surface area contributed by atoms with Gasteiger partial charge in [-0.05, 0) is 31.6 Å². The molecular formula is C15H25NO3. The number of aliphatic carboxylic acids is 1. The number of amides is 1. The summed E-state index contributed by atoms with van der Waals surface area (Å²) in [5, 5.41) is 11.9. The number of rotatable bonds is 5. The molecule has 0 aromatic rings. The van der Waals surface area contributed by atoms with Crippen LogP contribution in [-0.4, -0.2) is 23.0 Å². The van der Waals surface area contributed by atoms with Gasteiger partial charge in [0.25, 0.3) is 0 Å². The Hall–Kier alpha value is -1.06. The van der Waals surface area contributed by atoms with Gasteiger partial charge in [-0.1, -0.05) is 32.1 Å². The topological polar surface area (TPSA) is 66.4 Å². The summed E-state index contributed by atoms with van der Waals surface area (Å²) in [4.78, 5) is 22.7. The van der Waals surface area contributed by atoms with Gasteiger partial charge in [-0.15, -0.1) is 0 Å². The zero-order chi connectivity index (χ0) is 13.7. The van der Waals surface area contributed by atoms with Crippen molar-refractivity contribution in [3.63, 3.8) is 0 Å². The van der Waals surface area contributed by atoms with Crippen LogP contribution in [0.4, 0.5) is 0 Å². The first-order valence-corrected chi connectivity index (χ1v) is 7.67. The highest BCUT2D eigenvalue weighted by molar-refractivity contribution is 5.76. The summed E-state index contributed by atoms with van der Waals surface area (Å²) < 4.78 is 0. The smallest absolute Gasteiger partial charge is 0.306 e. The molecule has 4 heteroatoms. The number of hydrogen-bond donors (Lipinski definition) is 2. The second kappa shape index (κ2) is 6.92. The Balaban J connectivity index is 1.63. The van der Waals surface area contributed by atoms with E-state index in [0.29, 0.717) is 19.3 Å². The monoisotopic (exact) mass is 267 g/mol. The molecule has 0 unspecified atom stereocenters. The number of nitrogens with one attached hydrogen (secondary N) is 1. The highest BCUT2D eigenvalue weighted by Gasteiger charge is 2.30. The number of hydrogen-bond acceptors (Lipinski definition) is 2. The summed E-state index contributed by atoms with van der Waals surface area (Å²) in [6.45, 7) is 0. The van der Waals surface area contributed by atoms with Crippen LogP contribution in [0.2, 0.25) is 0 Å². The lowest BCUT2D eigenvalue weighted by molar-refractivity contribution is -0.141. The van der Waals surface area contributed by atoms with Gasteiger partial charge in [-0.25, -0.2) is 0 Å². The van der Waals surface area contributed by atoms with Crippen LogP contribution >= 0.6 is 0 Å². The molecule has 0 heterocycles. The molecule has 1 amide bonds. The van der Waals surface area contributed by atoms with E-state index in [4.69, 9.17) is 5.11 Å². The van der Waals surface area contributed by atoms with Crippen LogP contribution in [0.25, 0.3) is 0 Å². The fourth-order valence-electron chi connectivity index (χ4n) is 3.45. The Labute approximate surface area is 115 Å². The zero-order valence-electron chi connectivity index (χ0n) is 11.6. The predicted molar refractivity (Wildman–Crippen MR) is 72.7 cm³/mol. The second-order valence-corrected chi connectivity index (χ2v) is 6.16. The van der Waals surface area contributed by atoms with Gasteiger partial charge in [0.1, 0.15) is 0 Å². The molecule has 2 fully saturated rings. The van der Waals surface area contributed by atoms with Gasteiger partial charge in [-0.2, -0.15) is 0 Å². The highest BCUT2D eigenvalue weighted by atomic mass is 16.4. The number of carbonyl (C=O) groups is 2. The van der Waals surface area contributed by atoms with Crippen molar-refractivity contribution in [3.8, 4) is 0 Å². The summed E-state index contributed by atoms with van der Waals surface area (Å²) in [6, 6.07) is 0.0833. The van der Waals surface area contributed by atoms with E-state index in [0.717, 1.165) is 18.8 Å². The molecule has 0 aliphatic heterocycles. The number of carboxylic acid groups (broad SMARTS) is 1.